The fraction of sp³-hybridized carbons (Fsp3) is 0.353. The maximum Gasteiger partial charge on any atom is 0.293 e. The molecule has 0 atom stereocenters. The van der Waals surface area contributed by atoms with Crippen LogP contribution in [0.3, 0.4) is 0 Å². The van der Waals surface area contributed by atoms with Crippen molar-refractivity contribution < 1.29 is 9.66 Å². The molecule has 1 N–H and O–H groups in total. The van der Waals surface area contributed by atoms with Gasteiger partial charge in [0.25, 0.3) is 11.2 Å². The van der Waals surface area contributed by atoms with Crippen LogP contribution in [-0.4, -0.2) is 35.0 Å². The number of hydrogen-bond acceptors (Lipinski definition) is 5. The summed E-state index contributed by atoms with van der Waals surface area (Å²) in [6, 6.07) is 4.91. The van der Waals surface area contributed by atoms with Crippen LogP contribution in [0.4, 0.5) is 11.4 Å². The zero-order chi connectivity index (χ0) is 17.7. The SMILES string of the molecule is C=C1c2c(c(=O)[nH]n2C2CCOCC2)-c2cccc([N+](=O)[O-])c2N1C. The monoisotopic (exact) mass is 342 g/mol. The van der Waals surface area contributed by atoms with E-state index >= 15 is 0 Å². The van der Waals surface area contributed by atoms with Gasteiger partial charge in [0.1, 0.15) is 5.69 Å². The van der Waals surface area contributed by atoms with Crippen molar-refractivity contribution in [2.45, 2.75) is 18.9 Å². The smallest absolute Gasteiger partial charge is 0.293 e. The number of H-pyrrole nitrogens is 1. The van der Waals surface area contributed by atoms with Gasteiger partial charge in [-0.3, -0.25) is 24.7 Å². The van der Waals surface area contributed by atoms with E-state index in [4.69, 9.17) is 4.74 Å². The summed E-state index contributed by atoms with van der Waals surface area (Å²) in [6.45, 7) is 5.38. The number of fused-ring (bicyclic) bond motifs is 3. The van der Waals surface area contributed by atoms with Gasteiger partial charge in [-0.2, -0.15) is 0 Å². The molecular formula is C17H18N4O4. The van der Waals surface area contributed by atoms with Crippen LogP contribution in [-0.2, 0) is 4.74 Å². The second kappa shape index (κ2) is 5.59. The van der Waals surface area contributed by atoms with E-state index in [-0.39, 0.29) is 17.3 Å². The summed E-state index contributed by atoms with van der Waals surface area (Å²) >= 11 is 0. The summed E-state index contributed by atoms with van der Waals surface area (Å²) in [5.41, 5.74) is 2.40. The van der Waals surface area contributed by atoms with Crippen LogP contribution in [0.25, 0.3) is 16.8 Å². The number of para-hydroxylation sites is 1. The second-order valence-electron chi connectivity index (χ2n) is 6.31. The van der Waals surface area contributed by atoms with Gasteiger partial charge in [-0.25, -0.2) is 0 Å². The molecule has 1 fully saturated rings. The summed E-state index contributed by atoms with van der Waals surface area (Å²) in [4.78, 5) is 25.4. The minimum Gasteiger partial charge on any atom is -0.381 e. The maximum absolute atomic E-state index is 12.7. The standard InChI is InChI=1S/C17H18N4O4/c1-10-15-14(17(22)18-20(15)11-6-8-25-9-7-11)12-4-3-5-13(21(23)24)16(12)19(10)2/h3-5,11H,1,6-9H2,2H3,(H,18,22). The molecule has 0 spiro atoms. The van der Waals surface area contributed by atoms with Gasteiger partial charge in [0.15, 0.2) is 0 Å². The van der Waals surface area contributed by atoms with E-state index in [9.17, 15) is 14.9 Å². The van der Waals surface area contributed by atoms with Gasteiger partial charge in [-0.15, -0.1) is 0 Å². The van der Waals surface area contributed by atoms with Crippen LogP contribution in [0.2, 0.25) is 0 Å². The van der Waals surface area contributed by atoms with Gasteiger partial charge in [0, 0.05) is 31.9 Å². The number of aromatic nitrogens is 2. The van der Waals surface area contributed by atoms with Crippen molar-refractivity contribution in [3.05, 3.63) is 50.9 Å². The first kappa shape index (κ1) is 15.6. The number of nitro benzene ring substituents is 1. The Hall–Kier alpha value is -2.87. The van der Waals surface area contributed by atoms with Crippen LogP contribution in [0, 0.1) is 10.1 Å². The lowest BCUT2D eigenvalue weighted by Crippen LogP contribution is -2.26. The highest BCUT2D eigenvalue weighted by atomic mass is 16.6. The van der Waals surface area contributed by atoms with Crippen molar-refractivity contribution in [1.82, 2.24) is 9.78 Å². The number of benzene rings is 1. The highest BCUT2D eigenvalue weighted by Gasteiger charge is 2.35. The van der Waals surface area contributed by atoms with Crippen molar-refractivity contribution in [2.24, 2.45) is 0 Å². The van der Waals surface area contributed by atoms with Gasteiger partial charge >= 0.3 is 0 Å². The summed E-state index contributed by atoms with van der Waals surface area (Å²) in [6.07, 6.45) is 1.60. The number of hydrogen-bond donors (Lipinski definition) is 1. The molecule has 130 valence electrons. The Kier molecular flexibility index (Phi) is 3.50. The molecule has 3 heterocycles. The minimum atomic E-state index is -0.433. The van der Waals surface area contributed by atoms with Crippen molar-refractivity contribution in [3.63, 3.8) is 0 Å². The van der Waals surface area contributed by atoms with Crippen molar-refractivity contribution >= 4 is 17.1 Å². The van der Waals surface area contributed by atoms with E-state index < -0.39 is 4.92 Å². The fourth-order valence-corrected chi connectivity index (χ4v) is 3.73. The number of rotatable bonds is 2. The van der Waals surface area contributed by atoms with E-state index in [1.165, 1.54) is 6.07 Å². The predicted molar refractivity (Wildman–Crippen MR) is 93.7 cm³/mol. The molecular weight excluding hydrogens is 324 g/mol. The number of nitrogens with zero attached hydrogens (tertiary/aromatic N) is 3. The lowest BCUT2D eigenvalue weighted by molar-refractivity contribution is -0.384. The van der Waals surface area contributed by atoms with E-state index in [1.807, 2.05) is 4.68 Å². The number of nitrogens with one attached hydrogen (secondary N) is 1. The molecule has 1 aromatic carbocycles. The minimum absolute atomic E-state index is 0.0370. The number of ether oxygens (including phenoxy) is 1. The summed E-state index contributed by atoms with van der Waals surface area (Å²) < 4.78 is 7.27. The van der Waals surface area contributed by atoms with Gasteiger partial charge < -0.3 is 9.64 Å². The molecule has 25 heavy (non-hydrogen) atoms. The van der Waals surface area contributed by atoms with Gasteiger partial charge in [0.2, 0.25) is 0 Å². The largest absolute Gasteiger partial charge is 0.381 e. The average molecular weight is 342 g/mol. The molecule has 0 saturated carbocycles. The van der Waals surface area contributed by atoms with Gasteiger partial charge in [-0.1, -0.05) is 18.7 Å². The predicted octanol–water partition coefficient (Wildman–Crippen LogP) is 2.52. The maximum atomic E-state index is 12.7. The van der Waals surface area contributed by atoms with Crippen molar-refractivity contribution in [3.8, 4) is 11.1 Å². The molecule has 2 aliphatic rings. The second-order valence-corrected chi connectivity index (χ2v) is 6.31. The van der Waals surface area contributed by atoms with Crippen LogP contribution < -0.4 is 10.5 Å². The van der Waals surface area contributed by atoms with Crippen LogP contribution in [0.15, 0.2) is 29.6 Å². The van der Waals surface area contributed by atoms with Gasteiger partial charge in [-0.05, 0) is 12.8 Å². The fourth-order valence-electron chi connectivity index (χ4n) is 3.73. The van der Waals surface area contributed by atoms with Crippen LogP contribution >= 0.6 is 0 Å². The highest BCUT2D eigenvalue weighted by molar-refractivity contribution is 6.00. The summed E-state index contributed by atoms with van der Waals surface area (Å²) in [5, 5.41) is 14.3. The first-order valence-corrected chi connectivity index (χ1v) is 8.13. The first-order valence-electron chi connectivity index (χ1n) is 8.13. The van der Waals surface area contributed by atoms with E-state index in [2.05, 4.69) is 11.7 Å². The number of nitro groups is 1. The summed E-state index contributed by atoms with van der Waals surface area (Å²) in [5.74, 6) is 0. The quantitative estimate of drug-likeness (QED) is 0.668. The average Bonchev–Trinajstić information content (AvgIpc) is 2.97. The van der Waals surface area contributed by atoms with Crippen LogP contribution in [0.1, 0.15) is 24.6 Å². The molecule has 0 aliphatic carbocycles. The third-order valence-electron chi connectivity index (χ3n) is 4.98. The Morgan fingerprint density at radius 1 is 1.36 bits per heavy atom. The third-order valence-corrected chi connectivity index (χ3v) is 4.98. The molecule has 0 bridgehead atoms. The molecule has 1 aromatic heterocycles. The number of anilines is 1. The van der Waals surface area contributed by atoms with Crippen molar-refractivity contribution in [2.75, 3.05) is 25.2 Å². The molecule has 2 aromatic rings. The Morgan fingerprint density at radius 2 is 2.08 bits per heavy atom. The third kappa shape index (κ3) is 2.21. The Labute approximate surface area is 143 Å². The van der Waals surface area contributed by atoms with E-state index in [1.54, 1.807) is 24.1 Å². The zero-order valence-electron chi connectivity index (χ0n) is 13.8. The van der Waals surface area contributed by atoms with Gasteiger partial charge in [0.05, 0.1) is 27.9 Å². The highest BCUT2D eigenvalue weighted by Crippen LogP contribution is 2.46. The normalized spacial score (nSPS) is 17.3. The molecule has 4 rings (SSSR count). The molecule has 2 aliphatic heterocycles. The van der Waals surface area contributed by atoms with Crippen molar-refractivity contribution in [1.29, 1.82) is 0 Å². The topological polar surface area (TPSA) is 93.4 Å². The summed E-state index contributed by atoms with van der Waals surface area (Å²) in [7, 11) is 1.74. The molecule has 1 saturated heterocycles. The lowest BCUT2D eigenvalue weighted by Gasteiger charge is -2.32. The Morgan fingerprint density at radius 3 is 2.76 bits per heavy atom. The van der Waals surface area contributed by atoms with E-state index in [0.29, 0.717) is 41.4 Å². The molecule has 0 unspecified atom stereocenters. The lowest BCUT2D eigenvalue weighted by atomic mass is 9.95. The Balaban J connectivity index is 1.98. The Bertz CT molecular complexity index is 937. The zero-order valence-corrected chi connectivity index (χ0v) is 13.8. The molecule has 8 nitrogen and oxygen atoms in total. The first-order chi connectivity index (χ1) is 12.0. The van der Waals surface area contributed by atoms with E-state index in [0.717, 1.165) is 12.8 Å². The molecule has 0 amide bonds. The number of aromatic amines is 1. The molecule has 0 radical (unpaired) electrons. The molecule has 8 heteroatoms. The van der Waals surface area contributed by atoms with Crippen LogP contribution in [0.5, 0.6) is 0 Å².